The second-order valence-electron chi connectivity index (χ2n) is 7.14. The van der Waals surface area contributed by atoms with Crippen LogP contribution in [-0.2, 0) is 0 Å². The fraction of sp³-hybridized carbons (Fsp3) is 0.875. The third kappa shape index (κ3) is 4.40. The molecule has 1 unspecified atom stereocenters. The molecule has 0 saturated heterocycles. The van der Waals surface area contributed by atoms with E-state index in [1.54, 1.807) is 0 Å². The van der Waals surface area contributed by atoms with Crippen LogP contribution in [0.1, 0.15) is 59.8 Å². The summed E-state index contributed by atoms with van der Waals surface area (Å²) in [5, 5.41) is 13.0. The van der Waals surface area contributed by atoms with Crippen LogP contribution in [0.3, 0.4) is 0 Å². The maximum Gasteiger partial charge on any atom is 0.0636 e. The molecule has 106 valence electrons. The molecule has 0 bridgehead atoms. The molecule has 0 amide bonds. The van der Waals surface area contributed by atoms with Crippen molar-refractivity contribution < 1.29 is 5.11 Å². The Morgan fingerprint density at radius 1 is 1.39 bits per heavy atom. The first-order valence-electron chi connectivity index (χ1n) is 7.33. The Morgan fingerprint density at radius 2 is 1.94 bits per heavy atom. The maximum absolute atomic E-state index is 9.46. The van der Waals surface area contributed by atoms with Crippen molar-refractivity contribution in [2.75, 3.05) is 6.54 Å². The Bertz CT molecular complexity index is 257. The first-order chi connectivity index (χ1) is 8.29. The van der Waals surface area contributed by atoms with Crippen LogP contribution in [0.2, 0.25) is 0 Å². The van der Waals surface area contributed by atoms with Crippen LogP contribution in [0.15, 0.2) is 12.7 Å². The van der Waals surface area contributed by atoms with E-state index in [9.17, 15) is 5.11 Å². The van der Waals surface area contributed by atoms with Gasteiger partial charge in [0.15, 0.2) is 0 Å². The van der Waals surface area contributed by atoms with Crippen LogP contribution in [0.5, 0.6) is 0 Å². The predicted molar refractivity (Wildman–Crippen MR) is 78.6 cm³/mol. The lowest BCUT2D eigenvalue weighted by molar-refractivity contribution is 0.100. The average molecular weight is 253 g/mol. The van der Waals surface area contributed by atoms with Crippen molar-refractivity contribution >= 4 is 0 Å². The minimum absolute atomic E-state index is 0.181. The monoisotopic (exact) mass is 253 g/mol. The Hall–Kier alpha value is -0.340. The van der Waals surface area contributed by atoms with Crippen molar-refractivity contribution in [2.45, 2.75) is 71.4 Å². The van der Waals surface area contributed by atoms with Gasteiger partial charge in [0.25, 0.3) is 0 Å². The predicted octanol–water partition coefficient (Wildman–Crippen LogP) is 3.51. The molecule has 0 radical (unpaired) electrons. The van der Waals surface area contributed by atoms with Gasteiger partial charge in [-0.05, 0) is 50.4 Å². The number of aliphatic hydroxyl groups excluding tert-OH is 1. The van der Waals surface area contributed by atoms with Crippen molar-refractivity contribution in [1.82, 2.24) is 5.32 Å². The molecule has 1 atom stereocenters. The molecular weight excluding hydrogens is 222 g/mol. The van der Waals surface area contributed by atoms with Crippen molar-refractivity contribution in [2.24, 2.45) is 11.3 Å². The van der Waals surface area contributed by atoms with E-state index in [0.717, 1.165) is 12.3 Å². The number of rotatable bonds is 5. The van der Waals surface area contributed by atoms with Crippen LogP contribution in [-0.4, -0.2) is 23.3 Å². The van der Waals surface area contributed by atoms with Gasteiger partial charge in [-0.3, -0.25) is 0 Å². The van der Waals surface area contributed by atoms with Gasteiger partial charge in [-0.1, -0.05) is 26.8 Å². The molecule has 0 aromatic heterocycles. The van der Waals surface area contributed by atoms with Crippen molar-refractivity contribution in [1.29, 1.82) is 0 Å². The molecular formula is C16H31NO. The lowest BCUT2D eigenvalue weighted by Crippen LogP contribution is -2.50. The minimum Gasteiger partial charge on any atom is -0.392 e. The SMILES string of the molecule is C=CCC1(NCC(C)O)CCC(C(C)(C)C)CC1. The van der Waals surface area contributed by atoms with E-state index < -0.39 is 0 Å². The third-order valence-corrected chi connectivity index (χ3v) is 4.47. The molecule has 18 heavy (non-hydrogen) atoms. The second-order valence-corrected chi connectivity index (χ2v) is 7.14. The quantitative estimate of drug-likeness (QED) is 0.735. The van der Waals surface area contributed by atoms with E-state index >= 15 is 0 Å². The van der Waals surface area contributed by atoms with Gasteiger partial charge >= 0.3 is 0 Å². The molecule has 1 fully saturated rings. The van der Waals surface area contributed by atoms with Crippen LogP contribution < -0.4 is 5.32 Å². The van der Waals surface area contributed by atoms with Gasteiger partial charge in [-0.25, -0.2) is 0 Å². The summed E-state index contributed by atoms with van der Waals surface area (Å²) in [5.41, 5.74) is 0.602. The lowest BCUT2D eigenvalue weighted by Gasteiger charge is -2.44. The van der Waals surface area contributed by atoms with E-state index in [-0.39, 0.29) is 11.6 Å². The van der Waals surface area contributed by atoms with E-state index in [0.29, 0.717) is 12.0 Å². The number of hydrogen-bond acceptors (Lipinski definition) is 2. The Balaban J connectivity index is 2.59. The number of aliphatic hydroxyl groups is 1. The van der Waals surface area contributed by atoms with E-state index in [2.05, 4.69) is 32.7 Å². The summed E-state index contributed by atoms with van der Waals surface area (Å²) in [6.45, 7) is 13.5. The lowest BCUT2D eigenvalue weighted by atomic mass is 9.66. The van der Waals surface area contributed by atoms with E-state index in [4.69, 9.17) is 0 Å². The summed E-state index contributed by atoms with van der Waals surface area (Å²) in [5.74, 6) is 0.823. The van der Waals surface area contributed by atoms with E-state index in [1.807, 2.05) is 13.0 Å². The maximum atomic E-state index is 9.46. The number of nitrogens with one attached hydrogen (secondary N) is 1. The molecule has 1 saturated carbocycles. The highest BCUT2D eigenvalue weighted by atomic mass is 16.3. The zero-order chi connectivity index (χ0) is 13.8. The van der Waals surface area contributed by atoms with Gasteiger partial charge in [0.2, 0.25) is 0 Å². The first-order valence-corrected chi connectivity index (χ1v) is 7.33. The summed E-state index contributed by atoms with van der Waals surface area (Å²) >= 11 is 0. The zero-order valence-corrected chi connectivity index (χ0v) is 12.6. The summed E-state index contributed by atoms with van der Waals surface area (Å²) in [6, 6.07) is 0. The summed E-state index contributed by atoms with van der Waals surface area (Å²) in [6.07, 6.45) is 7.73. The molecule has 2 nitrogen and oxygen atoms in total. The minimum atomic E-state index is -0.271. The van der Waals surface area contributed by atoms with Gasteiger partial charge in [-0.15, -0.1) is 6.58 Å². The van der Waals surface area contributed by atoms with Gasteiger partial charge in [-0.2, -0.15) is 0 Å². The molecule has 0 heterocycles. The second kappa shape index (κ2) is 6.21. The highest BCUT2D eigenvalue weighted by molar-refractivity contribution is 4.99. The van der Waals surface area contributed by atoms with E-state index in [1.165, 1.54) is 25.7 Å². The Kier molecular flexibility index (Phi) is 5.42. The summed E-state index contributed by atoms with van der Waals surface area (Å²) < 4.78 is 0. The number of β-amino-alcohol motifs (C(OH)–C–C–N with tert-alkyl or cyclic N) is 1. The summed E-state index contributed by atoms with van der Waals surface area (Å²) in [4.78, 5) is 0. The Morgan fingerprint density at radius 3 is 2.33 bits per heavy atom. The standard InChI is InChI=1S/C16H31NO/c1-6-9-16(17-12-13(2)18)10-7-14(8-11-16)15(3,4)5/h6,13-14,17-18H,1,7-12H2,2-5H3. The average Bonchev–Trinajstić information content (AvgIpc) is 2.26. The van der Waals surface area contributed by atoms with Gasteiger partial charge in [0, 0.05) is 12.1 Å². The smallest absolute Gasteiger partial charge is 0.0636 e. The fourth-order valence-electron chi connectivity index (χ4n) is 3.13. The molecule has 1 rings (SSSR count). The molecule has 1 aliphatic carbocycles. The molecule has 1 aliphatic rings. The van der Waals surface area contributed by atoms with Crippen LogP contribution in [0, 0.1) is 11.3 Å². The first kappa shape index (κ1) is 15.7. The fourth-order valence-corrected chi connectivity index (χ4v) is 3.13. The largest absolute Gasteiger partial charge is 0.392 e. The normalized spacial score (nSPS) is 31.1. The topological polar surface area (TPSA) is 32.3 Å². The zero-order valence-electron chi connectivity index (χ0n) is 12.6. The van der Waals surface area contributed by atoms with Crippen molar-refractivity contribution in [3.05, 3.63) is 12.7 Å². The van der Waals surface area contributed by atoms with Gasteiger partial charge in [0.05, 0.1) is 6.10 Å². The highest BCUT2D eigenvalue weighted by Crippen LogP contribution is 2.42. The van der Waals surface area contributed by atoms with Crippen molar-refractivity contribution in [3.63, 3.8) is 0 Å². The third-order valence-electron chi connectivity index (χ3n) is 4.47. The van der Waals surface area contributed by atoms with Crippen LogP contribution >= 0.6 is 0 Å². The number of hydrogen-bond donors (Lipinski definition) is 2. The molecule has 0 aromatic carbocycles. The van der Waals surface area contributed by atoms with Crippen LogP contribution in [0.4, 0.5) is 0 Å². The summed E-state index contributed by atoms with van der Waals surface area (Å²) in [7, 11) is 0. The molecule has 0 spiro atoms. The van der Waals surface area contributed by atoms with Crippen molar-refractivity contribution in [3.8, 4) is 0 Å². The van der Waals surface area contributed by atoms with Crippen LogP contribution in [0.25, 0.3) is 0 Å². The molecule has 0 aromatic rings. The highest BCUT2D eigenvalue weighted by Gasteiger charge is 2.37. The molecule has 2 N–H and O–H groups in total. The molecule has 0 aliphatic heterocycles. The Labute approximate surface area is 113 Å². The molecule has 2 heteroatoms. The van der Waals surface area contributed by atoms with Gasteiger partial charge in [0.1, 0.15) is 0 Å². The van der Waals surface area contributed by atoms with Gasteiger partial charge < -0.3 is 10.4 Å².